The van der Waals surface area contributed by atoms with Crippen molar-refractivity contribution >= 4 is 6.69 Å². The summed E-state index contributed by atoms with van der Waals surface area (Å²) in [5.74, 6) is 0. The van der Waals surface area contributed by atoms with Crippen LogP contribution in [0.2, 0.25) is 0 Å². The normalized spacial score (nSPS) is 30.3. The highest BCUT2D eigenvalue weighted by molar-refractivity contribution is 6.68. The predicted molar refractivity (Wildman–Crippen MR) is 126 cm³/mol. The van der Waals surface area contributed by atoms with Crippen LogP contribution < -0.4 is 0 Å². The second-order valence-corrected chi connectivity index (χ2v) is 9.00. The molecule has 0 bridgehead atoms. The molecule has 2 aliphatic rings. The third-order valence-corrected chi connectivity index (χ3v) is 7.19. The molecule has 2 fully saturated rings. The van der Waals surface area contributed by atoms with E-state index in [-0.39, 0.29) is 12.2 Å². The van der Waals surface area contributed by atoms with E-state index in [0.717, 1.165) is 24.0 Å². The van der Waals surface area contributed by atoms with Crippen molar-refractivity contribution in [1.82, 2.24) is 0 Å². The maximum absolute atomic E-state index is 6.98. The van der Waals surface area contributed by atoms with Crippen LogP contribution in [0, 0.1) is 0 Å². The molecule has 0 aliphatic carbocycles. The highest BCUT2D eigenvalue weighted by Crippen LogP contribution is 2.52. The van der Waals surface area contributed by atoms with Crippen LogP contribution in [0.25, 0.3) is 0 Å². The van der Waals surface area contributed by atoms with Gasteiger partial charge in [0, 0.05) is 5.56 Å². The summed E-state index contributed by atoms with van der Waals surface area (Å²) in [6.07, 6.45) is 2.23. The van der Waals surface area contributed by atoms with Gasteiger partial charge in [-0.3, -0.25) is 0 Å². The van der Waals surface area contributed by atoms with Gasteiger partial charge >= 0.3 is 6.69 Å². The first-order valence-electron chi connectivity index (χ1n) is 11.3. The molecular formula is C27H30BNO2. The number of hydrogen-bond acceptors (Lipinski definition) is 2. The van der Waals surface area contributed by atoms with Gasteiger partial charge in [0.15, 0.2) is 0 Å². The molecule has 0 aromatic heterocycles. The van der Waals surface area contributed by atoms with Crippen LogP contribution >= 0.6 is 0 Å². The predicted octanol–water partition coefficient (Wildman–Crippen LogP) is 5.99. The monoisotopic (exact) mass is 411 g/mol. The Morgan fingerprint density at radius 2 is 1.26 bits per heavy atom. The Morgan fingerprint density at radius 1 is 0.806 bits per heavy atom. The number of benzene rings is 3. The Hall–Kier alpha value is -2.66. The average molecular weight is 411 g/mol. The van der Waals surface area contributed by atoms with Crippen LogP contribution in [-0.2, 0) is 15.9 Å². The van der Waals surface area contributed by atoms with Gasteiger partial charge in [-0.25, -0.2) is 0 Å². The van der Waals surface area contributed by atoms with Crippen molar-refractivity contribution in [2.45, 2.75) is 32.6 Å². The Bertz CT molecular complexity index is 1000. The molecule has 3 nitrogen and oxygen atoms in total. The van der Waals surface area contributed by atoms with E-state index in [4.69, 9.17) is 9.31 Å². The second-order valence-electron chi connectivity index (χ2n) is 9.00. The molecule has 0 spiro atoms. The highest BCUT2D eigenvalue weighted by Gasteiger charge is 2.64. The topological polar surface area (TPSA) is 18.5 Å². The fourth-order valence-electron chi connectivity index (χ4n) is 5.59. The molecule has 31 heavy (non-hydrogen) atoms. The average Bonchev–Trinajstić information content (AvgIpc) is 3.30. The lowest BCUT2D eigenvalue weighted by atomic mass is 9.60. The first kappa shape index (κ1) is 20.3. The molecule has 2 aliphatic heterocycles. The van der Waals surface area contributed by atoms with E-state index in [1.54, 1.807) is 0 Å². The minimum atomic E-state index is -1.66. The van der Waals surface area contributed by atoms with Crippen molar-refractivity contribution in [3.63, 3.8) is 0 Å². The van der Waals surface area contributed by atoms with Gasteiger partial charge in [0.05, 0.1) is 31.8 Å². The summed E-state index contributed by atoms with van der Waals surface area (Å²) in [6, 6.07) is 32.0. The smallest absolute Gasteiger partial charge is 0.499 e. The summed E-state index contributed by atoms with van der Waals surface area (Å²) >= 11 is 0. The Labute approximate surface area is 185 Å². The standard InChI is InChI=1S/C27H30BNO2/c1-3-22(2)28-29(19-23-13-7-4-8-14-23,20-26(30-28)24-15-9-5-10-16-24)21-27(31-28)25-17-11-6-12-18-25/h3-18,26-27H,19-21H2,1-2H3/b22-3-/t26-,27-,28?,29?/m0/s1. The van der Waals surface area contributed by atoms with Gasteiger partial charge in [0.1, 0.15) is 0 Å². The third-order valence-electron chi connectivity index (χ3n) is 7.19. The van der Waals surface area contributed by atoms with Gasteiger partial charge < -0.3 is 13.7 Å². The molecule has 3 aromatic carbocycles. The van der Waals surface area contributed by atoms with Gasteiger partial charge in [0.25, 0.3) is 0 Å². The van der Waals surface area contributed by atoms with Crippen molar-refractivity contribution < 1.29 is 13.7 Å². The largest absolute Gasteiger partial charge is 0.500 e. The fourth-order valence-corrected chi connectivity index (χ4v) is 5.59. The summed E-state index contributed by atoms with van der Waals surface area (Å²) in [5.41, 5.74) is 4.99. The zero-order valence-electron chi connectivity index (χ0n) is 18.4. The number of quaternary nitrogens is 1. The number of fused-ring (bicyclic) bond motifs is 1. The van der Waals surface area contributed by atoms with Gasteiger partial charge in [-0.15, -0.1) is 11.5 Å². The molecule has 5 rings (SSSR count). The summed E-state index contributed by atoms with van der Waals surface area (Å²) in [7, 11) is 0. The van der Waals surface area contributed by atoms with Crippen molar-refractivity contribution in [2.75, 3.05) is 13.1 Å². The number of rotatable bonds is 5. The van der Waals surface area contributed by atoms with E-state index in [2.05, 4.69) is 111 Å². The Morgan fingerprint density at radius 3 is 1.71 bits per heavy atom. The van der Waals surface area contributed by atoms with E-state index in [0.29, 0.717) is 0 Å². The molecule has 2 heterocycles. The minimum Gasteiger partial charge on any atom is -0.500 e. The molecule has 0 saturated carbocycles. The van der Waals surface area contributed by atoms with E-state index < -0.39 is 6.69 Å². The fraction of sp³-hybridized carbons (Fsp3) is 0.259. The first-order valence-corrected chi connectivity index (χ1v) is 11.3. The Kier molecular flexibility index (Phi) is 5.31. The molecule has 2 atom stereocenters. The molecule has 0 unspecified atom stereocenters. The summed E-state index contributed by atoms with van der Waals surface area (Å²) in [6.45, 7) is 5.34. The summed E-state index contributed by atoms with van der Waals surface area (Å²) < 4.78 is 14.8. The van der Waals surface area contributed by atoms with Gasteiger partial charge in [0.2, 0.25) is 0 Å². The maximum Gasteiger partial charge on any atom is 0.499 e. The number of hydrogen-bond donors (Lipinski definition) is 0. The van der Waals surface area contributed by atoms with E-state index in [9.17, 15) is 0 Å². The van der Waals surface area contributed by atoms with Crippen LogP contribution in [0.15, 0.2) is 103 Å². The molecule has 2 saturated heterocycles. The van der Waals surface area contributed by atoms with Crippen LogP contribution in [0.5, 0.6) is 0 Å². The summed E-state index contributed by atoms with van der Waals surface area (Å²) in [5, 5.41) is 0. The molecule has 4 heteroatoms. The lowest BCUT2D eigenvalue weighted by Crippen LogP contribution is -2.62. The lowest BCUT2D eigenvalue weighted by Gasteiger charge is -2.47. The van der Waals surface area contributed by atoms with Crippen LogP contribution in [0.4, 0.5) is 0 Å². The van der Waals surface area contributed by atoms with Gasteiger partial charge in [-0.05, 0) is 18.1 Å². The number of allylic oxidation sites excluding steroid dienone is 2. The van der Waals surface area contributed by atoms with Gasteiger partial charge in [-0.2, -0.15) is 0 Å². The van der Waals surface area contributed by atoms with Crippen molar-refractivity contribution in [3.05, 3.63) is 119 Å². The maximum atomic E-state index is 6.98. The molecular weight excluding hydrogens is 381 g/mol. The summed E-state index contributed by atoms with van der Waals surface area (Å²) in [4.78, 5) is 0. The molecule has 158 valence electrons. The zero-order valence-corrected chi connectivity index (χ0v) is 18.4. The number of nitrogens with zero attached hydrogens (tertiary/aromatic N) is 1. The van der Waals surface area contributed by atoms with Gasteiger partial charge in [-0.1, -0.05) is 97.9 Å². The molecule has 3 aromatic rings. The SMILES string of the molecule is C/C=C(/C)[B-]12O[C@H](c3ccccc3)C[N+]1(Cc1ccccc1)C[C@@H](c1ccccc1)O2. The quantitative estimate of drug-likeness (QED) is 0.480. The minimum absolute atomic E-state index is 0.0246. The van der Waals surface area contributed by atoms with E-state index in [1.165, 1.54) is 22.2 Å². The van der Waals surface area contributed by atoms with Crippen molar-refractivity contribution in [3.8, 4) is 0 Å². The van der Waals surface area contributed by atoms with Crippen LogP contribution in [-0.4, -0.2) is 24.2 Å². The zero-order chi connectivity index (χ0) is 21.3. The van der Waals surface area contributed by atoms with E-state index in [1.807, 2.05) is 0 Å². The molecule has 0 N–H and O–H groups in total. The lowest BCUT2D eigenvalue weighted by molar-refractivity contribution is -0.838. The highest BCUT2D eigenvalue weighted by atomic mass is 16.7. The molecule has 0 amide bonds. The van der Waals surface area contributed by atoms with Crippen LogP contribution in [0.1, 0.15) is 42.7 Å². The Balaban J connectivity index is 1.61. The van der Waals surface area contributed by atoms with Crippen molar-refractivity contribution in [1.29, 1.82) is 0 Å². The first-order chi connectivity index (χ1) is 15.2. The molecule has 0 radical (unpaired) electrons. The third kappa shape index (κ3) is 3.45. The van der Waals surface area contributed by atoms with E-state index >= 15 is 0 Å². The van der Waals surface area contributed by atoms with Crippen LogP contribution in [0.3, 0.4) is 0 Å². The second kappa shape index (κ2) is 8.12. The van der Waals surface area contributed by atoms with Crippen molar-refractivity contribution in [2.24, 2.45) is 0 Å².